The van der Waals surface area contributed by atoms with Crippen LogP contribution in [-0.2, 0) is 6.18 Å². The Labute approximate surface area is 137 Å². The van der Waals surface area contributed by atoms with Gasteiger partial charge < -0.3 is 0 Å². The van der Waals surface area contributed by atoms with Crippen molar-refractivity contribution in [2.75, 3.05) is 5.23 Å². The second-order valence-corrected chi connectivity index (χ2v) is 5.99. The third-order valence-electron chi connectivity index (χ3n) is 2.62. The topological polar surface area (TPSA) is 43.7 Å². The van der Waals surface area contributed by atoms with E-state index in [1.165, 1.54) is 30.3 Å². The lowest BCUT2D eigenvalue weighted by molar-refractivity contribution is -0.139. The van der Waals surface area contributed by atoms with Gasteiger partial charge in [-0.05, 0) is 24.3 Å². The average Bonchev–Trinajstić information content (AvgIpc) is 2.41. The van der Waals surface area contributed by atoms with Crippen LogP contribution < -0.4 is 5.23 Å². The van der Waals surface area contributed by atoms with Gasteiger partial charge in [0, 0.05) is 9.79 Å². The minimum absolute atomic E-state index is 0.00224. The quantitative estimate of drug-likeness (QED) is 0.676. The van der Waals surface area contributed by atoms with Crippen LogP contribution in [0.25, 0.3) is 0 Å². The first-order valence-electron chi connectivity index (χ1n) is 5.71. The number of anilines is 1. The van der Waals surface area contributed by atoms with Crippen molar-refractivity contribution >= 4 is 40.7 Å². The molecule has 0 aliphatic heterocycles. The molecule has 0 aliphatic rings. The first kappa shape index (κ1) is 17.2. The van der Waals surface area contributed by atoms with Crippen LogP contribution in [0.5, 0.6) is 0 Å². The summed E-state index contributed by atoms with van der Waals surface area (Å²) in [6.45, 7) is 0. The third kappa shape index (κ3) is 3.80. The van der Waals surface area contributed by atoms with Gasteiger partial charge >= 0.3 is 6.18 Å². The maximum Gasteiger partial charge on any atom is 0.417 e. The van der Waals surface area contributed by atoms with Crippen molar-refractivity contribution in [2.45, 2.75) is 16.0 Å². The molecule has 0 spiro atoms. The Bertz CT molecular complexity index is 672. The Morgan fingerprint density at radius 1 is 1.00 bits per heavy atom. The van der Waals surface area contributed by atoms with E-state index in [0.29, 0.717) is 0 Å². The highest BCUT2D eigenvalue weighted by atomic mass is 35.5. The molecule has 2 rings (SSSR count). The third-order valence-corrected chi connectivity index (χ3v) is 4.66. The van der Waals surface area contributed by atoms with Crippen molar-refractivity contribution in [2.24, 2.45) is 0 Å². The number of halogens is 5. The summed E-state index contributed by atoms with van der Waals surface area (Å²) in [6.07, 6.45) is -4.50. The molecule has 0 heterocycles. The van der Waals surface area contributed by atoms with Gasteiger partial charge in [-0.15, -0.1) is 5.23 Å². The van der Waals surface area contributed by atoms with Crippen LogP contribution in [0.1, 0.15) is 5.56 Å². The van der Waals surface area contributed by atoms with Crippen LogP contribution in [0.4, 0.5) is 18.9 Å². The first-order chi connectivity index (χ1) is 10.2. The molecule has 0 bridgehead atoms. The van der Waals surface area contributed by atoms with E-state index in [1.54, 1.807) is 0 Å². The molecular formula is C13H8Cl2F3NO2S. The molecule has 0 radical (unpaired) electrons. The molecule has 9 heteroatoms. The minimum Gasteiger partial charge on any atom is -0.264 e. The SMILES string of the molecule is ON(O)c1cc(Cl)c(Sc2ccccc2C(F)(F)F)c(Cl)c1. The molecule has 3 nitrogen and oxygen atoms in total. The van der Waals surface area contributed by atoms with Crippen molar-refractivity contribution in [3.63, 3.8) is 0 Å². The summed E-state index contributed by atoms with van der Waals surface area (Å²) in [4.78, 5) is 0.127. The van der Waals surface area contributed by atoms with Crippen LogP contribution in [-0.4, -0.2) is 10.4 Å². The first-order valence-corrected chi connectivity index (χ1v) is 7.28. The minimum atomic E-state index is -4.50. The van der Waals surface area contributed by atoms with Crippen molar-refractivity contribution in [3.8, 4) is 0 Å². The zero-order chi connectivity index (χ0) is 16.5. The maximum absolute atomic E-state index is 13.0. The van der Waals surface area contributed by atoms with Gasteiger partial charge in [-0.1, -0.05) is 47.1 Å². The van der Waals surface area contributed by atoms with E-state index in [4.69, 9.17) is 33.6 Å². The number of hydrogen-bond acceptors (Lipinski definition) is 4. The van der Waals surface area contributed by atoms with Crippen LogP contribution in [0.3, 0.4) is 0 Å². The Balaban J connectivity index is 2.45. The zero-order valence-corrected chi connectivity index (χ0v) is 12.9. The molecule has 2 aromatic rings. The summed E-state index contributed by atoms with van der Waals surface area (Å²) in [7, 11) is 0. The predicted octanol–water partition coefficient (Wildman–Crippen LogP) is 5.75. The molecule has 0 aliphatic carbocycles. The molecule has 0 amide bonds. The number of alkyl halides is 3. The monoisotopic (exact) mass is 369 g/mol. The van der Waals surface area contributed by atoms with Gasteiger partial charge in [0.2, 0.25) is 0 Å². The van der Waals surface area contributed by atoms with E-state index in [1.807, 2.05) is 0 Å². The molecule has 2 aromatic carbocycles. The lowest BCUT2D eigenvalue weighted by Gasteiger charge is -2.15. The Morgan fingerprint density at radius 3 is 2.05 bits per heavy atom. The fourth-order valence-corrected chi connectivity index (χ4v) is 3.34. The van der Waals surface area contributed by atoms with E-state index in [0.717, 1.165) is 17.8 Å². The second-order valence-electron chi connectivity index (χ2n) is 4.12. The summed E-state index contributed by atoms with van der Waals surface area (Å²) < 4.78 is 38.9. The number of rotatable bonds is 3. The Morgan fingerprint density at radius 2 is 1.55 bits per heavy atom. The Hall–Kier alpha value is -1.12. The Kier molecular flexibility index (Phi) is 5.14. The number of benzene rings is 2. The van der Waals surface area contributed by atoms with Gasteiger partial charge in [0.15, 0.2) is 0 Å². The fourth-order valence-electron chi connectivity index (χ4n) is 1.66. The molecule has 0 saturated carbocycles. The molecule has 22 heavy (non-hydrogen) atoms. The molecule has 118 valence electrons. The average molecular weight is 370 g/mol. The number of hydrogen-bond donors (Lipinski definition) is 2. The molecule has 0 aromatic heterocycles. The van der Waals surface area contributed by atoms with E-state index in [9.17, 15) is 13.2 Å². The van der Waals surface area contributed by atoms with Crippen LogP contribution in [0.15, 0.2) is 46.2 Å². The molecule has 0 unspecified atom stereocenters. The molecular weight excluding hydrogens is 362 g/mol. The molecule has 2 N–H and O–H groups in total. The fraction of sp³-hybridized carbons (Fsp3) is 0.0769. The highest BCUT2D eigenvalue weighted by molar-refractivity contribution is 7.99. The van der Waals surface area contributed by atoms with Crippen LogP contribution in [0.2, 0.25) is 10.0 Å². The predicted molar refractivity (Wildman–Crippen MR) is 78.1 cm³/mol. The van der Waals surface area contributed by atoms with Gasteiger partial charge in [-0.3, -0.25) is 10.4 Å². The van der Waals surface area contributed by atoms with Gasteiger partial charge in [0.05, 0.1) is 21.3 Å². The van der Waals surface area contributed by atoms with Gasteiger partial charge in [-0.2, -0.15) is 13.2 Å². The summed E-state index contributed by atoms with van der Waals surface area (Å²) in [5, 5.41) is 17.7. The van der Waals surface area contributed by atoms with Crippen molar-refractivity contribution < 1.29 is 23.6 Å². The smallest absolute Gasteiger partial charge is 0.264 e. The second kappa shape index (κ2) is 6.55. The lowest BCUT2D eigenvalue weighted by Crippen LogP contribution is -2.10. The van der Waals surface area contributed by atoms with Crippen LogP contribution in [0, 0.1) is 0 Å². The van der Waals surface area contributed by atoms with Gasteiger partial charge in [0.1, 0.15) is 0 Å². The summed E-state index contributed by atoms with van der Waals surface area (Å²) in [5.41, 5.74) is -0.911. The van der Waals surface area contributed by atoms with Crippen molar-refractivity contribution in [1.82, 2.24) is 0 Å². The highest BCUT2D eigenvalue weighted by Crippen LogP contribution is 2.45. The summed E-state index contributed by atoms with van der Waals surface area (Å²) in [6, 6.07) is 7.36. The largest absolute Gasteiger partial charge is 0.417 e. The van der Waals surface area contributed by atoms with Crippen LogP contribution >= 0.6 is 35.0 Å². The molecule has 0 fully saturated rings. The van der Waals surface area contributed by atoms with Gasteiger partial charge in [0.25, 0.3) is 0 Å². The van der Waals surface area contributed by atoms with E-state index in [-0.39, 0.29) is 30.8 Å². The van der Waals surface area contributed by atoms with Gasteiger partial charge in [-0.25, -0.2) is 0 Å². The molecule has 0 saturated heterocycles. The highest BCUT2D eigenvalue weighted by Gasteiger charge is 2.33. The lowest BCUT2D eigenvalue weighted by atomic mass is 10.2. The van der Waals surface area contributed by atoms with E-state index < -0.39 is 11.7 Å². The zero-order valence-electron chi connectivity index (χ0n) is 10.6. The van der Waals surface area contributed by atoms with Crippen molar-refractivity contribution in [3.05, 3.63) is 52.0 Å². The normalized spacial score (nSPS) is 11.6. The summed E-state index contributed by atoms with van der Waals surface area (Å²) in [5.74, 6) is 0. The number of nitrogens with zero attached hydrogens (tertiary/aromatic N) is 1. The molecule has 0 atom stereocenters. The maximum atomic E-state index is 13.0. The van der Waals surface area contributed by atoms with Crippen molar-refractivity contribution in [1.29, 1.82) is 0 Å². The summed E-state index contributed by atoms with van der Waals surface area (Å²) >= 11 is 12.7. The van der Waals surface area contributed by atoms with E-state index in [2.05, 4.69) is 0 Å². The standard InChI is InChI=1S/C13H8Cl2F3NO2S/c14-9-5-7(19(20)21)6-10(15)12(9)22-11-4-2-1-3-8(11)13(16,17)18/h1-6,20-21H. The van der Waals surface area contributed by atoms with E-state index >= 15 is 0 Å².